The van der Waals surface area contributed by atoms with E-state index in [2.05, 4.69) is 25.7 Å². The largest absolute Gasteiger partial charge is 0.352 e. The third-order valence-electron chi connectivity index (χ3n) is 6.78. The van der Waals surface area contributed by atoms with Gasteiger partial charge >= 0.3 is 0 Å². The molecule has 3 aromatic rings. The van der Waals surface area contributed by atoms with Crippen molar-refractivity contribution in [3.05, 3.63) is 58.2 Å². The molecule has 2 aromatic heterocycles. The lowest BCUT2D eigenvalue weighted by Gasteiger charge is -2.35. The molecule has 5 rings (SSSR count). The molecule has 172 valence electrons. The van der Waals surface area contributed by atoms with E-state index in [1.807, 2.05) is 52.6 Å². The molecule has 1 amide bonds. The van der Waals surface area contributed by atoms with E-state index in [0.717, 1.165) is 53.9 Å². The summed E-state index contributed by atoms with van der Waals surface area (Å²) in [6, 6.07) is 9.98. The highest BCUT2D eigenvalue weighted by Crippen LogP contribution is 2.41. The van der Waals surface area contributed by atoms with Gasteiger partial charge in [-0.25, -0.2) is 9.97 Å². The number of hydrogen-bond acceptors (Lipinski definition) is 5. The first-order valence-corrected chi connectivity index (χ1v) is 12.9. The van der Waals surface area contributed by atoms with Crippen molar-refractivity contribution in [3.63, 3.8) is 0 Å². The van der Waals surface area contributed by atoms with E-state index in [1.54, 1.807) is 6.08 Å². The molecule has 0 radical (unpaired) electrons. The molecule has 1 aliphatic heterocycles. The number of benzene rings is 1. The number of nitrogens with zero attached hydrogens (tertiary/aromatic N) is 4. The van der Waals surface area contributed by atoms with Gasteiger partial charge in [-0.15, -0.1) is 11.3 Å². The van der Waals surface area contributed by atoms with E-state index in [9.17, 15) is 4.79 Å². The molecule has 0 N–H and O–H groups in total. The SMILES string of the molecule is CC1CCc2c(sc3nc(C(C)C)nc(N4CCN(C(=O)/C=C/c5ccccc5)CC4)c23)C1. The van der Waals surface area contributed by atoms with Gasteiger partial charge in [-0.3, -0.25) is 4.79 Å². The number of amides is 1. The topological polar surface area (TPSA) is 49.3 Å². The molecule has 0 saturated carbocycles. The lowest BCUT2D eigenvalue weighted by atomic mass is 9.89. The van der Waals surface area contributed by atoms with Crippen LogP contribution < -0.4 is 4.90 Å². The Labute approximate surface area is 200 Å². The highest BCUT2D eigenvalue weighted by Gasteiger charge is 2.28. The minimum absolute atomic E-state index is 0.0797. The van der Waals surface area contributed by atoms with Crippen LogP contribution in [-0.2, 0) is 17.6 Å². The van der Waals surface area contributed by atoms with E-state index in [-0.39, 0.29) is 11.8 Å². The van der Waals surface area contributed by atoms with Gasteiger partial charge in [0.2, 0.25) is 5.91 Å². The van der Waals surface area contributed by atoms with Crippen molar-refractivity contribution in [2.45, 2.75) is 46.0 Å². The van der Waals surface area contributed by atoms with E-state index in [4.69, 9.17) is 9.97 Å². The number of rotatable bonds is 4. The summed E-state index contributed by atoms with van der Waals surface area (Å²) in [4.78, 5) is 29.8. The van der Waals surface area contributed by atoms with Crippen LogP contribution in [0.4, 0.5) is 5.82 Å². The number of anilines is 1. The van der Waals surface area contributed by atoms with Crippen molar-refractivity contribution in [1.82, 2.24) is 14.9 Å². The fourth-order valence-corrected chi connectivity index (χ4v) is 6.19. The highest BCUT2D eigenvalue weighted by atomic mass is 32.1. The van der Waals surface area contributed by atoms with Crippen LogP contribution in [-0.4, -0.2) is 47.0 Å². The summed E-state index contributed by atoms with van der Waals surface area (Å²) in [6.45, 7) is 9.70. The minimum Gasteiger partial charge on any atom is -0.352 e. The second kappa shape index (κ2) is 9.26. The summed E-state index contributed by atoms with van der Waals surface area (Å²) >= 11 is 1.87. The van der Waals surface area contributed by atoms with Crippen molar-refractivity contribution in [1.29, 1.82) is 0 Å². The number of thiophene rings is 1. The number of aryl methyl sites for hydroxylation is 1. The Balaban J connectivity index is 1.38. The van der Waals surface area contributed by atoms with Crippen LogP contribution in [0.2, 0.25) is 0 Å². The Morgan fingerprint density at radius 2 is 1.88 bits per heavy atom. The van der Waals surface area contributed by atoms with E-state index >= 15 is 0 Å². The number of hydrogen-bond donors (Lipinski definition) is 0. The van der Waals surface area contributed by atoms with Crippen molar-refractivity contribution in [2.75, 3.05) is 31.1 Å². The summed E-state index contributed by atoms with van der Waals surface area (Å²) in [5, 5.41) is 1.27. The molecule has 0 spiro atoms. The second-order valence-corrected chi connectivity index (χ2v) is 10.7. The number of fused-ring (bicyclic) bond motifs is 3. The standard InChI is InChI=1S/C27H32N4OS/c1-18(2)25-28-26(24-21-11-9-19(3)17-22(21)33-27(24)29-25)31-15-13-30(14-16-31)23(32)12-10-20-7-5-4-6-8-20/h4-8,10,12,18-19H,9,11,13-17H2,1-3H3/b12-10+. The van der Waals surface area contributed by atoms with Crippen molar-refractivity contribution in [2.24, 2.45) is 5.92 Å². The Morgan fingerprint density at radius 1 is 1.12 bits per heavy atom. The van der Waals surface area contributed by atoms with Gasteiger partial charge in [0.25, 0.3) is 0 Å². The molecule has 1 fully saturated rings. The van der Waals surface area contributed by atoms with Gasteiger partial charge in [0, 0.05) is 43.1 Å². The van der Waals surface area contributed by atoms with Crippen molar-refractivity contribution < 1.29 is 4.79 Å². The van der Waals surface area contributed by atoms with Gasteiger partial charge in [-0.05, 0) is 42.4 Å². The Hall–Kier alpha value is -2.73. The number of aromatic nitrogens is 2. The van der Waals surface area contributed by atoms with Crippen LogP contribution >= 0.6 is 11.3 Å². The van der Waals surface area contributed by atoms with Gasteiger partial charge < -0.3 is 9.80 Å². The van der Waals surface area contributed by atoms with Crippen LogP contribution in [0.15, 0.2) is 36.4 Å². The molecule has 1 aliphatic carbocycles. The third-order valence-corrected chi connectivity index (χ3v) is 7.93. The normalized spacial score (nSPS) is 19.0. The summed E-state index contributed by atoms with van der Waals surface area (Å²) in [5.74, 6) is 3.12. The molecular formula is C27H32N4OS. The predicted octanol–water partition coefficient (Wildman–Crippen LogP) is 5.30. The molecule has 5 nitrogen and oxygen atoms in total. The zero-order chi connectivity index (χ0) is 22.9. The molecule has 3 heterocycles. The maximum atomic E-state index is 12.7. The van der Waals surface area contributed by atoms with Crippen LogP contribution in [0.1, 0.15) is 54.9 Å². The molecule has 6 heteroatoms. The minimum atomic E-state index is 0.0797. The number of carbonyl (C=O) groups is 1. The van der Waals surface area contributed by atoms with Gasteiger partial charge in [0.05, 0.1) is 5.39 Å². The quantitative estimate of drug-likeness (QED) is 0.496. The third kappa shape index (κ3) is 4.54. The molecule has 1 saturated heterocycles. The van der Waals surface area contributed by atoms with Gasteiger partial charge in [-0.2, -0.15) is 0 Å². The fourth-order valence-electron chi connectivity index (χ4n) is 4.80. The van der Waals surface area contributed by atoms with Crippen LogP contribution in [0.5, 0.6) is 0 Å². The van der Waals surface area contributed by atoms with Gasteiger partial charge in [-0.1, -0.05) is 51.1 Å². The lowest BCUT2D eigenvalue weighted by molar-refractivity contribution is -0.126. The number of piperazine rings is 1. The maximum absolute atomic E-state index is 12.7. The smallest absolute Gasteiger partial charge is 0.246 e. The van der Waals surface area contributed by atoms with Crippen LogP contribution in [0.3, 0.4) is 0 Å². The first-order chi connectivity index (χ1) is 16.0. The van der Waals surface area contributed by atoms with Crippen LogP contribution in [0, 0.1) is 5.92 Å². The molecule has 0 bridgehead atoms. The predicted molar refractivity (Wildman–Crippen MR) is 137 cm³/mol. The molecular weight excluding hydrogens is 428 g/mol. The fraction of sp³-hybridized carbons (Fsp3) is 0.444. The highest BCUT2D eigenvalue weighted by molar-refractivity contribution is 7.19. The Bertz CT molecular complexity index is 1180. The lowest BCUT2D eigenvalue weighted by Crippen LogP contribution is -2.48. The summed E-state index contributed by atoms with van der Waals surface area (Å²) in [5.41, 5.74) is 2.52. The Kier molecular flexibility index (Phi) is 6.19. The van der Waals surface area contributed by atoms with Crippen molar-refractivity contribution in [3.8, 4) is 0 Å². The number of carbonyl (C=O) groups excluding carboxylic acids is 1. The van der Waals surface area contributed by atoms with E-state index < -0.39 is 0 Å². The monoisotopic (exact) mass is 460 g/mol. The second-order valence-electron chi connectivity index (χ2n) is 9.65. The van der Waals surface area contributed by atoms with Gasteiger partial charge in [0.1, 0.15) is 16.5 Å². The maximum Gasteiger partial charge on any atom is 0.246 e. The first-order valence-electron chi connectivity index (χ1n) is 12.1. The first kappa shape index (κ1) is 22.1. The van der Waals surface area contributed by atoms with Crippen LogP contribution in [0.25, 0.3) is 16.3 Å². The van der Waals surface area contributed by atoms with Crippen molar-refractivity contribution >= 4 is 39.4 Å². The average Bonchev–Trinajstić information content (AvgIpc) is 3.20. The zero-order valence-corrected chi connectivity index (χ0v) is 20.6. The molecule has 1 unspecified atom stereocenters. The molecule has 1 aromatic carbocycles. The molecule has 2 aliphatic rings. The molecule has 1 atom stereocenters. The molecule has 33 heavy (non-hydrogen) atoms. The van der Waals surface area contributed by atoms with Gasteiger partial charge in [0.15, 0.2) is 0 Å². The zero-order valence-electron chi connectivity index (χ0n) is 19.8. The van der Waals surface area contributed by atoms with E-state index in [0.29, 0.717) is 13.1 Å². The summed E-state index contributed by atoms with van der Waals surface area (Å²) < 4.78 is 0. The summed E-state index contributed by atoms with van der Waals surface area (Å²) in [6.07, 6.45) is 7.11. The Morgan fingerprint density at radius 3 is 2.61 bits per heavy atom. The van der Waals surface area contributed by atoms with E-state index in [1.165, 1.54) is 22.2 Å². The summed E-state index contributed by atoms with van der Waals surface area (Å²) in [7, 11) is 0. The average molecular weight is 461 g/mol.